The van der Waals surface area contributed by atoms with Crippen LogP contribution in [0.25, 0.3) is 11.4 Å². The summed E-state index contributed by atoms with van der Waals surface area (Å²) in [6, 6.07) is 12.4. The summed E-state index contributed by atoms with van der Waals surface area (Å²) in [5.41, 5.74) is 0.705. The van der Waals surface area contributed by atoms with E-state index in [2.05, 4.69) is 10.1 Å². The predicted octanol–water partition coefficient (Wildman–Crippen LogP) is 2.80. The highest BCUT2D eigenvalue weighted by Crippen LogP contribution is 2.31. The van der Waals surface area contributed by atoms with Crippen LogP contribution in [-0.2, 0) is 11.3 Å². The van der Waals surface area contributed by atoms with E-state index in [0.29, 0.717) is 40.3 Å². The molecule has 9 heteroatoms. The Morgan fingerprint density at radius 1 is 0.967 bits per heavy atom. The number of para-hydroxylation sites is 2. The fourth-order valence-corrected chi connectivity index (χ4v) is 2.69. The summed E-state index contributed by atoms with van der Waals surface area (Å²) in [6.07, 6.45) is 0. The highest BCUT2D eigenvalue weighted by atomic mass is 16.5. The number of methoxy groups -OCH3 is 3. The van der Waals surface area contributed by atoms with Crippen molar-refractivity contribution in [3.8, 4) is 34.4 Å². The van der Waals surface area contributed by atoms with Crippen LogP contribution in [0.4, 0.5) is 0 Å². The number of carbonyl (C=O) groups excluding carboxylic acids is 1. The second kappa shape index (κ2) is 9.64. The maximum Gasteiger partial charge on any atom is 0.260 e. The molecule has 0 aliphatic rings. The second-order valence-corrected chi connectivity index (χ2v) is 6.27. The minimum absolute atomic E-state index is 0.145. The lowest BCUT2D eigenvalue weighted by atomic mass is 10.2. The number of amides is 1. The molecular formula is C21H23N3O6. The first kappa shape index (κ1) is 21.0. The minimum Gasteiger partial charge on any atom is -0.493 e. The van der Waals surface area contributed by atoms with Gasteiger partial charge in [0.25, 0.3) is 5.91 Å². The number of carbonyl (C=O) groups is 1. The van der Waals surface area contributed by atoms with E-state index in [1.165, 1.54) is 4.90 Å². The van der Waals surface area contributed by atoms with Gasteiger partial charge >= 0.3 is 0 Å². The molecular weight excluding hydrogens is 390 g/mol. The molecule has 158 valence electrons. The van der Waals surface area contributed by atoms with Crippen LogP contribution in [-0.4, -0.2) is 55.9 Å². The van der Waals surface area contributed by atoms with Crippen LogP contribution in [0.2, 0.25) is 0 Å². The number of hydrogen-bond acceptors (Lipinski definition) is 8. The highest BCUT2D eigenvalue weighted by molar-refractivity contribution is 5.77. The molecule has 1 heterocycles. The van der Waals surface area contributed by atoms with Crippen molar-refractivity contribution in [2.45, 2.75) is 6.54 Å². The van der Waals surface area contributed by atoms with E-state index in [-0.39, 0.29) is 19.1 Å². The van der Waals surface area contributed by atoms with Crippen molar-refractivity contribution in [2.75, 3.05) is 35.0 Å². The zero-order chi connectivity index (χ0) is 21.5. The van der Waals surface area contributed by atoms with Gasteiger partial charge in [0.1, 0.15) is 0 Å². The van der Waals surface area contributed by atoms with Gasteiger partial charge in [-0.1, -0.05) is 17.3 Å². The summed E-state index contributed by atoms with van der Waals surface area (Å²) >= 11 is 0. The van der Waals surface area contributed by atoms with Crippen LogP contribution in [0.1, 0.15) is 5.89 Å². The number of aromatic nitrogens is 2. The summed E-state index contributed by atoms with van der Waals surface area (Å²) < 4.78 is 26.6. The Kier molecular flexibility index (Phi) is 6.74. The van der Waals surface area contributed by atoms with E-state index in [1.54, 1.807) is 64.8 Å². The number of ether oxygens (including phenoxy) is 4. The Bertz CT molecular complexity index is 1000. The molecule has 0 saturated heterocycles. The average Bonchev–Trinajstić information content (AvgIpc) is 3.25. The highest BCUT2D eigenvalue weighted by Gasteiger charge is 2.17. The van der Waals surface area contributed by atoms with Crippen molar-refractivity contribution in [3.05, 3.63) is 48.4 Å². The molecule has 30 heavy (non-hydrogen) atoms. The second-order valence-electron chi connectivity index (χ2n) is 6.27. The third kappa shape index (κ3) is 4.80. The Morgan fingerprint density at radius 3 is 2.33 bits per heavy atom. The van der Waals surface area contributed by atoms with Gasteiger partial charge in [0.15, 0.2) is 29.6 Å². The van der Waals surface area contributed by atoms with E-state index in [1.807, 2.05) is 6.07 Å². The summed E-state index contributed by atoms with van der Waals surface area (Å²) in [4.78, 5) is 18.2. The predicted molar refractivity (Wildman–Crippen MR) is 108 cm³/mol. The topological polar surface area (TPSA) is 96.2 Å². The van der Waals surface area contributed by atoms with Gasteiger partial charge < -0.3 is 28.4 Å². The van der Waals surface area contributed by atoms with E-state index in [4.69, 9.17) is 23.5 Å². The first-order valence-corrected chi connectivity index (χ1v) is 9.10. The maximum atomic E-state index is 12.4. The standard InChI is InChI=1S/C21H23N3O6/c1-24(20(25)13-29-17-8-6-5-7-15(17)26-2)12-19-22-21(23-30-19)14-9-10-16(27-3)18(11-14)28-4/h5-11H,12-13H2,1-4H3. The van der Waals surface area contributed by atoms with Gasteiger partial charge in [-0.05, 0) is 30.3 Å². The third-order valence-electron chi connectivity index (χ3n) is 4.33. The number of nitrogens with zero attached hydrogens (tertiary/aromatic N) is 3. The van der Waals surface area contributed by atoms with Gasteiger partial charge in [-0.15, -0.1) is 0 Å². The summed E-state index contributed by atoms with van der Waals surface area (Å²) in [6.45, 7) is 0.00194. The Hall–Kier alpha value is -3.75. The van der Waals surface area contributed by atoms with Crippen LogP contribution >= 0.6 is 0 Å². The molecule has 0 radical (unpaired) electrons. The van der Waals surface area contributed by atoms with Crippen molar-refractivity contribution in [1.82, 2.24) is 15.0 Å². The summed E-state index contributed by atoms with van der Waals surface area (Å²) in [7, 11) is 6.29. The normalized spacial score (nSPS) is 10.4. The number of likely N-dealkylation sites (N-methyl/N-ethyl adjacent to an activating group) is 1. The fraction of sp³-hybridized carbons (Fsp3) is 0.286. The molecule has 0 aliphatic carbocycles. The van der Waals surface area contributed by atoms with Crippen molar-refractivity contribution < 1.29 is 28.3 Å². The molecule has 3 aromatic rings. The molecule has 9 nitrogen and oxygen atoms in total. The summed E-state index contributed by atoms with van der Waals surface area (Å²) in [5.74, 6) is 2.66. The molecule has 0 bridgehead atoms. The molecule has 0 spiro atoms. The first-order chi connectivity index (χ1) is 14.5. The molecule has 0 atom stereocenters. The van der Waals surface area contributed by atoms with Gasteiger partial charge in [-0.25, -0.2) is 0 Å². The third-order valence-corrected chi connectivity index (χ3v) is 4.33. The lowest BCUT2D eigenvalue weighted by molar-refractivity contribution is -0.132. The lowest BCUT2D eigenvalue weighted by Crippen LogP contribution is -2.31. The number of hydrogen-bond donors (Lipinski definition) is 0. The monoisotopic (exact) mass is 413 g/mol. The van der Waals surface area contributed by atoms with Crippen molar-refractivity contribution in [3.63, 3.8) is 0 Å². The number of rotatable bonds is 9. The molecule has 0 unspecified atom stereocenters. The van der Waals surface area contributed by atoms with E-state index in [0.717, 1.165) is 0 Å². The van der Waals surface area contributed by atoms with Gasteiger partial charge in [-0.3, -0.25) is 4.79 Å². The zero-order valence-corrected chi connectivity index (χ0v) is 17.2. The van der Waals surface area contributed by atoms with Crippen LogP contribution in [0, 0.1) is 0 Å². The average molecular weight is 413 g/mol. The smallest absolute Gasteiger partial charge is 0.260 e. The van der Waals surface area contributed by atoms with Crippen molar-refractivity contribution >= 4 is 5.91 Å². The lowest BCUT2D eigenvalue weighted by Gasteiger charge is -2.16. The molecule has 0 saturated carbocycles. The molecule has 3 rings (SSSR count). The molecule has 0 N–H and O–H groups in total. The van der Waals surface area contributed by atoms with Gasteiger partial charge in [0, 0.05) is 12.6 Å². The zero-order valence-electron chi connectivity index (χ0n) is 17.2. The Labute approximate surface area is 174 Å². The fourth-order valence-electron chi connectivity index (χ4n) is 2.69. The molecule has 0 aliphatic heterocycles. The van der Waals surface area contributed by atoms with Crippen molar-refractivity contribution in [1.29, 1.82) is 0 Å². The Balaban J connectivity index is 1.61. The van der Waals surface area contributed by atoms with Crippen LogP contribution in [0.15, 0.2) is 47.0 Å². The quantitative estimate of drug-likeness (QED) is 0.528. The van der Waals surface area contributed by atoms with Gasteiger partial charge in [0.05, 0.1) is 27.9 Å². The van der Waals surface area contributed by atoms with E-state index in [9.17, 15) is 4.79 Å². The van der Waals surface area contributed by atoms with Crippen molar-refractivity contribution in [2.24, 2.45) is 0 Å². The van der Waals surface area contributed by atoms with Crippen LogP contribution in [0.5, 0.6) is 23.0 Å². The first-order valence-electron chi connectivity index (χ1n) is 9.10. The summed E-state index contributed by atoms with van der Waals surface area (Å²) in [5, 5.41) is 3.98. The molecule has 2 aromatic carbocycles. The molecule has 1 aromatic heterocycles. The Morgan fingerprint density at radius 2 is 1.63 bits per heavy atom. The van der Waals surface area contributed by atoms with Gasteiger partial charge in [-0.2, -0.15) is 4.98 Å². The largest absolute Gasteiger partial charge is 0.493 e. The maximum absolute atomic E-state index is 12.4. The minimum atomic E-state index is -0.244. The van der Waals surface area contributed by atoms with E-state index < -0.39 is 0 Å². The molecule has 0 fully saturated rings. The van der Waals surface area contributed by atoms with Gasteiger partial charge in [0.2, 0.25) is 11.7 Å². The SMILES string of the molecule is COc1ccc(-c2noc(CN(C)C(=O)COc3ccccc3OC)n2)cc1OC. The van der Waals surface area contributed by atoms with E-state index >= 15 is 0 Å². The van der Waals surface area contributed by atoms with Crippen LogP contribution in [0.3, 0.4) is 0 Å². The molecule has 1 amide bonds. The number of benzene rings is 2. The van der Waals surface area contributed by atoms with Crippen LogP contribution < -0.4 is 18.9 Å².